The number of hydrogen-bond acceptors (Lipinski definition) is 5. The number of amides is 1. The maximum Gasteiger partial charge on any atom is 0.258 e. The van der Waals surface area contributed by atoms with Crippen LogP contribution in [0, 0.1) is 0 Å². The summed E-state index contributed by atoms with van der Waals surface area (Å²) in [7, 11) is 0. The van der Waals surface area contributed by atoms with Crippen LogP contribution < -0.4 is 10.1 Å². The van der Waals surface area contributed by atoms with E-state index in [1.807, 2.05) is 42.5 Å². The minimum absolute atomic E-state index is 0.0541. The molecule has 0 bridgehead atoms. The summed E-state index contributed by atoms with van der Waals surface area (Å²) in [6.45, 7) is 8.44. The number of benzene rings is 2. The molecule has 3 aromatic rings. The third-order valence-electron chi connectivity index (χ3n) is 7.19. The number of ether oxygens (including phenoxy) is 1. The lowest BCUT2D eigenvalue weighted by Crippen LogP contribution is -2.27. The van der Waals surface area contributed by atoms with E-state index in [9.17, 15) is 9.59 Å². The topological polar surface area (TPSA) is 76.5 Å². The second kappa shape index (κ2) is 12.1. The number of nitrogens with one attached hydrogen (secondary N) is 1. The van der Waals surface area contributed by atoms with Crippen molar-refractivity contribution in [3.8, 4) is 5.75 Å². The van der Waals surface area contributed by atoms with Crippen molar-refractivity contribution in [3.63, 3.8) is 0 Å². The fourth-order valence-corrected chi connectivity index (χ4v) is 4.91. The molecule has 7 nitrogen and oxygen atoms in total. The number of carbonyl (C=O) groups excluding carboxylic acids is 2. The number of hydrogen-bond donors (Lipinski definition) is 1. The lowest BCUT2D eigenvalue weighted by atomic mass is 9.93. The van der Waals surface area contributed by atoms with Crippen molar-refractivity contribution < 1.29 is 14.3 Å². The first-order valence-corrected chi connectivity index (χ1v) is 13.5. The van der Waals surface area contributed by atoms with Crippen LogP contribution in [0.2, 0.25) is 0 Å². The van der Waals surface area contributed by atoms with Gasteiger partial charge in [-0.15, -0.1) is 0 Å². The summed E-state index contributed by atoms with van der Waals surface area (Å²) in [5.74, 6) is 0.641. The SMILES string of the molecule is CCN(CC)CCOc1ccc2c(c1)C=C(C1=CC(NC(=O)c3cnn(Cc4ccccc4)c3)=CCC1=O)C2. The smallest absolute Gasteiger partial charge is 0.258 e. The molecule has 1 amide bonds. The molecule has 0 unspecified atom stereocenters. The highest BCUT2D eigenvalue weighted by atomic mass is 16.5. The minimum atomic E-state index is -0.249. The van der Waals surface area contributed by atoms with E-state index in [1.165, 1.54) is 5.56 Å². The predicted octanol–water partition coefficient (Wildman–Crippen LogP) is 4.80. The number of aromatic nitrogens is 2. The Bertz CT molecular complexity index is 1450. The molecule has 2 aromatic carbocycles. The third kappa shape index (κ3) is 6.44. The Balaban J connectivity index is 1.23. The van der Waals surface area contributed by atoms with Crippen molar-refractivity contribution in [2.75, 3.05) is 26.2 Å². The number of likely N-dealkylation sites (N-methyl/N-ethyl adjacent to an activating group) is 1. The van der Waals surface area contributed by atoms with Gasteiger partial charge in [-0.1, -0.05) is 62.4 Å². The average Bonchev–Trinajstić information content (AvgIpc) is 3.60. The monoisotopic (exact) mass is 522 g/mol. The minimum Gasteiger partial charge on any atom is -0.492 e. The van der Waals surface area contributed by atoms with Gasteiger partial charge in [0.25, 0.3) is 5.91 Å². The fourth-order valence-electron chi connectivity index (χ4n) is 4.91. The zero-order valence-electron chi connectivity index (χ0n) is 22.5. The molecule has 2 aliphatic carbocycles. The van der Waals surface area contributed by atoms with Gasteiger partial charge in [-0.3, -0.25) is 14.3 Å². The second-order valence-electron chi connectivity index (χ2n) is 9.79. The maximum atomic E-state index is 12.9. The first-order chi connectivity index (χ1) is 19.0. The van der Waals surface area contributed by atoms with Crippen LogP contribution in [0.25, 0.3) is 6.08 Å². The molecule has 2 aliphatic rings. The lowest BCUT2D eigenvalue weighted by Gasteiger charge is -2.18. The van der Waals surface area contributed by atoms with Gasteiger partial charge in [0.2, 0.25) is 0 Å². The Labute approximate surface area is 229 Å². The van der Waals surface area contributed by atoms with Gasteiger partial charge in [0.05, 0.1) is 18.3 Å². The molecule has 1 N–H and O–H groups in total. The number of fused-ring (bicyclic) bond motifs is 1. The van der Waals surface area contributed by atoms with Gasteiger partial charge in [-0.25, -0.2) is 0 Å². The Morgan fingerprint density at radius 1 is 1.10 bits per heavy atom. The lowest BCUT2D eigenvalue weighted by molar-refractivity contribution is -0.114. The van der Waals surface area contributed by atoms with Gasteiger partial charge < -0.3 is 15.0 Å². The molecular formula is C32H34N4O3. The largest absolute Gasteiger partial charge is 0.492 e. The highest BCUT2D eigenvalue weighted by molar-refractivity contribution is 6.04. The van der Waals surface area contributed by atoms with Crippen LogP contribution in [0.3, 0.4) is 0 Å². The zero-order chi connectivity index (χ0) is 27.2. The Morgan fingerprint density at radius 3 is 2.72 bits per heavy atom. The molecule has 0 atom stereocenters. The summed E-state index contributed by atoms with van der Waals surface area (Å²) in [4.78, 5) is 28.1. The molecule has 7 heteroatoms. The first-order valence-electron chi connectivity index (χ1n) is 13.5. The summed E-state index contributed by atoms with van der Waals surface area (Å²) in [6, 6.07) is 16.1. The number of rotatable bonds is 11. The van der Waals surface area contributed by atoms with Crippen molar-refractivity contribution in [2.24, 2.45) is 0 Å². The molecule has 0 saturated heterocycles. The molecule has 0 saturated carbocycles. The molecule has 1 aromatic heterocycles. The number of nitrogens with zero attached hydrogens (tertiary/aromatic N) is 3. The van der Waals surface area contributed by atoms with Gasteiger partial charge in [0, 0.05) is 30.4 Å². The summed E-state index contributed by atoms with van der Waals surface area (Å²) < 4.78 is 7.73. The van der Waals surface area contributed by atoms with Crippen LogP contribution in [-0.4, -0.2) is 52.6 Å². The second-order valence-corrected chi connectivity index (χ2v) is 9.79. The van der Waals surface area contributed by atoms with Gasteiger partial charge in [0.1, 0.15) is 12.4 Å². The van der Waals surface area contributed by atoms with Crippen molar-refractivity contribution >= 4 is 17.8 Å². The first kappa shape index (κ1) is 26.4. The van der Waals surface area contributed by atoms with E-state index in [0.717, 1.165) is 42.1 Å². The van der Waals surface area contributed by atoms with Crippen LogP contribution in [0.1, 0.15) is 47.3 Å². The summed E-state index contributed by atoms with van der Waals surface area (Å²) in [5.41, 5.74) is 6.06. The zero-order valence-corrected chi connectivity index (χ0v) is 22.5. The van der Waals surface area contributed by atoms with E-state index in [0.29, 0.717) is 36.4 Å². The van der Waals surface area contributed by atoms with Crippen molar-refractivity contribution in [1.29, 1.82) is 0 Å². The molecule has 0 aliphatic heterocycles. The third-order valence-corrected chi connectivity index (χ3v) is 7.19. The van der Waals surface area contributed by atoms with Gasteiger partial charge in [-0.2, -0.15) is 5.10 Å². The van der Waals surface area contributed by atoms with E-state index in [4.69, 9.17) is 4.74 Å². The molecule has 39 heavy (non-hydrogen) atoms. The molecule has 0 fully saturated rings. The van der Waals surface area contributed by atoms with E-state index < -0.39 is 0 Å². The standard InChI is InChI=1S/C32H34N4O3/c1-3-35(4-2)14-15-39-29-12-10-24-16-26(17-25(24)18-29)30-19-28(11-13-31(30)37)34-32(38)27-20-33-36(22-27)21-23-8-6-5-7-9-23/h5-12,17-20,22H,3-4,13-16,21H2,1-2H3,(H,34,38). The molecule has 0 spiro atoms. The quantitative estimate of drug-likeness (QED) is 0.391. The van der Waals surface area contributed by atoms with Crippen molar-refractivity contribution in [3.05, 3.63) is 112 Å². The Hall–Kier alpha value is -4.23. The summed E-state index contributed by atoms with van der Waals surface area (Å²) in [5, 5.41) is 7.27. The maximum absolute atomic E-state index is 12.9. The summed E-state index contributed by atoms with van der Waals surface area (Å²) >= 11 is 0. The van der Waals surface area contributed by atoms with E-state index in [-0.39, 0.29) is 18.1 Å². The fraction of sp³-hybridized carbons (Fsp3) is 0.281. The molecular weight excluding hydrogens is 488 g/mol. The van der Waals surface area contributed by atoms with Crippen LogP contribution in [0.4, 0.5) is 0 Å². The van der Waals surface area contributed by atoms with Crippen LogP contribution in [-0.2, 0) is 17.8 Å². The predicted molar refractivity (Wildman–Crippen MR) is 152 cm³/mol. The van der Waals surface area contributed by atoms with E-state index in [2.05, 4.69) is 41.3 Å². The molecule has 5 rings (SSSR count). The van der Waals surface area contributed by atoms with Crippen LogP contribution >= 0.6 is 0 Å². The van der Waals surface area contributed by atoms with Crippen molar-refractivity contribution in [1.82, 2.24) is 20.0 Å². The highest BCUT2D eigenvalue weighted by Crippen LogP contribution is 2.34. The Morgan fingerprint density at radius 2 is 1.92 bits per heavy atom. The van der Waals surface area contributed by atoms with Crippen molar-refractivity contribution in [2.45, 2.75) is 33.2 Å². The molecule has 0 radical (unpaired) electrons. The average molecular weight is 523 g/mol. The highest BCUT2D eigenvalue weighted by Gasteiger charge is 2.24. The van der Waals surface area contributed by atoms with Gasteiger partial charge in [0.15, 0.2) is 5.78 Å². The van der Waals surface area contributed by atoms with E-state index in [1.54, 1.807) is 29.2 Å². The molecule has 1 heterocycles. The number of carbonyl (C=O) groups is 2. The van der Waals surface area contributed by atoms with Crippen LogP contribution in [0.5, 0.6) is 5.75 Å². The molecule has 200 valence electrons. The van der Waals surface area contributed by atoms with Gasteiger partial charge in [-0.05, 0) is 60.0 Å². The number of allylic oxidation sites excluding steroid dienone is 4. The van der Waals surface area contributed by atoms with Gasteiger partial charge >= 0.3 is 0 Å². The van der Waals surface area contributed by atoms with Crippen LogP contribution in [0.15, 0.2) is 89.9 Å². The normalized spacial score (nSPS) is 14.5. The number of ketones is 1. The number of Topliss-reactive ketones (excluding diaryl/α,β-unsaturated/α-hetero) is 1. The van der Waals surface area contributed by atoms with E-state index >= 15 is 0 Å². The summed E-state index contributed by atoms with van der Waals surface area (Å²) in [6.07, 6.45) is 9.85. The Kier molecular flexibility index (Phi) is 8.18.